The van der Waals surface area contributed by atoms with E-state index in [9.17, 15) is 0 Å². The Balaban J connectivity index is 1.87. The maximum atomic E-state index is 8.93. The Morgan fingerprint density at radius 3 is 2.58 bits per heavy atom. The van der Waals surface area contributed by atoms with Crippen LogP contribution in [-0.2, 0) is 6.54 Å². The highest BCUT2D eigenvalue weighted by molar-refractivity contribution is 5.45. The summed E-state index contributed by atoms with van der Waals surface area (Å²) in [6.07, 6.45) is 1.81. The quantitative estimate of drug-likeness (QED) is 0.731. The fourth-order valence-electron chi connectivity index (χ4n) is 3.67. The summed E-state index contributed by atoms with van der Waals surface area (Å²) in [6.45, 7) is 6.05. The number of ether oxygens (including phenoxy) is 2. The largest absolute Gasteiger partial charge is 0.497 e. The third-order valence-corrected chi connectivity index (χ3v) is 4.95. The second-order valence-corrected chi connectivity index (χ2v) is 6.85. The molecule has 4 heteroatoms. The Kier molecular flexibility index (Phi) is 6.53. The molecule has 0 bridgehead atoms. The van der Waals surface area contributed by atoms with Crippen LogP contribution < -0.4 is 9.47 Å². The maximum Gasteiger partial charge on any atom is 0.119 e. The van der Waals surface area contributed by atoms with Gasteiger partial charge in [-0.2, -0.15) is 0 Å². The molecule has 0 aromatic heterocycles. The first-order valence-corrected chi connectivity index (χ1v) is 9.48. The Hall–Kier alpha value is -2.04. The molecule has 0 spiro atoms. The van der Waals surface area contributed by atoms with E-state index in [1.54, 1.807) is 7.11 Å². The first kappa shape index (κ1) is 18.7. The number of aliphatic hydroxyl groups excluding tert-OH is 1. The standard InChI is InChI=1S/C22H29NO3/c1-3-11-23-15-18-14-20(26-13-4-12-24)9-10-21(18)22(16-23)17-5-7-19(25-2)8-6-17/h5-10,14,22,24H,3-4,11-13,15-16H2,1-2H3. The van der Waals surface area contributed by atoms with Crippen LogP contribution in [0.2, 0.25) is 0 Å². The molecule has 0 amide bonds. The van der Waals surface area contributed by atoms with Gasteiger partial charge in [0.25, 0.3) is 0 Å². The lowest BCUT2D eigenvalue weighted by Crippen LogP contribution is -2.34. The second-order valence-electron chi connectivity index (χ2n) is 6.85. The van der Waals surface area contributed by atoms with Crippen molar-refractivity contribution in [2.24, 2.45) is 0 Å². The molecule has 1 atom stereocenters. The fraction of sp³-hybridized carbons (Fsp3) is 0.455. The number of hydrogen-bond donors (Lipinski definition) is 1. The van der Waals surface area contributed by atoms with E-state index in [4.69, 9.17) is 14.6 Å². The van der Waals surface area contributed by atoms with Gasteiger partial charge in [-0.25, -0.2) is 0 Å². The number of hydrogen-bond acceptors (Lipinski definition) is 4. The average molecular weight is 355 g/mol. The SMILES string of the molecule is CCCN1Cc2cc(OCCCO)ccc2C(c2ccc(OC)cc2)C1. The normalized spacial score (nSPS) is 17.0. The summed E-state index contributed by atoms with van der Waals surface area (Å²) in [6, 6.07) is 14.9. The zero-order valence-electron chi connectivity index (χ0n) is 15.8. The van der Waals surface area contributed by atoms with Gasteiger partial charge in [-0.05, 0) is 53.9 Å². The number of benzene rings is 2. The van der Waals surface area contributed by atoms with Crippen molar-refractivity contribution in [1.29, 1.82) is 0 Å². The molecule has 4 nitrogen and oxygen atoms in total. The summed E-state index contributed by atoms with van der Waals surface area (Å²) in [4.78, 5) is 2.52. The predicted molar refractivity (Wildman–Crippen MR) is 104 cm³/mol. The molecule has 1 N–H and O–H groups in total. The molecule has 2 aromatic rings. The molecule has 0 saturated heterocycles. The monoisotopic (exact) mass is 355 g/mol. The molecule has 1 aliphatic heterocycles. The van der Waals surface area contributed by atoms with Gasteiger partial charge in [0, 0.05) is 32.0 Å². The van der Waals surface area contributed by atoms with Crippen LogP contribution in [-0.4, -0.2) is 43.4 Å². The van der Waals surface area contributed by atoms with E-state index in [0.29, 0.717) is 18.9 Å². The van der Waals surface area contributed by atoms with E-state index in [1.807, 2.05) is 12.1 Å². The van der Waals surface area contributed by atoms with E-state index in [2.05, 4.69) is 42.2 Å². The molecule has 0 saturated carbocycles. The number of nitrogens with zero attached hydrogens (tertiary/aromatic N) is 1. The topological polar surface area (TPSA) is 41.9 Å². The Labute approximate surface area is 156 Å². The van der Waals surface area contributed by atoms with E-state index >= 15 is 0 Å². The molecule has 0 fully saturated rings. The summed E-state index contributed by atoms with van der Waals surface area (Å²) in [5.74, 6) is 2.15. The zero-order valence-corrected chi connectivity index (χ0v) is 15.8. The highest BCUT2D eigenvalue weighted by atomic mass is 16.5. The van der Waals surface area contributed by atoms with Crippen molar-refractivity contribution in [3.63, 3.8) is 0 Å². The van der Waals surface area contributed by atoms with Gasteiger partial charge in [0.05, 0.1) is 13.7 Å². The highest BCUT2D eigenvalue weighted by Gasteiger charge is 2.26. The van der Waals surface area contributed by atoms with Crippen molar-refractivity contribution < 1.29 is 14.6 Å². The van der Waals surface area contributed by atoms with Crippen LogP contribution in [0.15, 0.2) is 42.5 Å². The molecule has 26 heavy (non-hydrogen) atoms. The lowest BCUT2D eigenvalue weighted by atomic mass is 9.84. The Bertz CT molecular complexity index is 699. The highest BCUT2D eigenvalue weighted by Crippen LogP contribution is 2.36. The van der Waals surface area contributed by atoms with Gasteiger partial charge in [0.15, 0.2) is 0 Å². The smallest absolute Gasteiger partial charge is 0.119 e. The van der Waals surface area contributed by atoms with Crippen LogP contribution in [0, 0.1) is 0 Å². The number of methoxy groups -OCH3 is 1. The molecule has 1 unspecified atom stereocenters. The van der Waals surface area contributed by atoms with Gasteiger partial charge in [0.1, 0.15) is 11.5 Å². The maximum absolute atomic E-state index is 8.93. The fourth-order valence-corrected chi connectivity index (χ4v) is 3.67. The first-order chi connectivity index (χ1) is 12.7. The van der Waals surface area contributed by atoms with Crippen molar-refractivity contribution >= 4 is 0 Å². The average Bonchev–Trinajstić information content (AvgIpc) is 2.68. The molecule has 1 aliphatic rings. The molecule has 1 heterocycles. The molecule has 0 aliphatic carbocycles. The molecule has 3 rings (SSSR count). The first-order valence-electron chi connectivity index (χ1n) is 9.48. The lowest BCUT2D eigenvalue weighted by Gasteiger charge is -2.35. The van der Waals surface area contributed by atoms with Crippen LogP contribution in [0.1, 0.15) is 42.4 Å². The minimum absolute atomic E-state index is 0.161. The zero-order chi connectivity index (χ0) is 18.4. The van der Waals surface area contributed by atoms with E-state index < -0.39 is 0 Å². The van der Waals surface area contributed by atoms with E-state index in [1.165, 1.54) is 16.7 Å². The predicted octanol–water partition coefficient (Wildman–Crippen LogP) is 3.81. The minimum Gasteiger partial charge on any atom is -0.497 e. The number of fused-ring (bicyclic) bond motifs is 1. The number of rotatable bonds is 8. The molecule has 140 valence electrons. The van der Waals surface area contributed by atoms with Crippen molar-refractivity contribution in [3.8, 4) is 11.5 Å². The van der Waals surface area contributed by atoms with Gasteiger partial charge < -0.3 is 14.6 Å². The lowest BCUT2D eigenvalue weighted by molar-refractivity contribution is 0.230. The van der Waals surface area contributed by atoms with E-state index in [-0.39, 0.29) is 6.61 Å². The number of aliphatic hydroxyl groups is 1. The third kappa shape index (κ3) is 4.37. The Morgan fingerprint density at radius 1 is 1.12 bits per heavy atom. The van der Waals surface area contributed by atoms with Crippen molar-refractivity contribution in [1.82, 2.24) is 4.90 Å². The van der Waals surface area contributed by atoms with Crippen LogP contribution in [0.3, 0.4) is 0 Å². The van der Waals surface area contributed by atoms with Crippen LogP contribution >= 0.6 is 0 Å². The van der Waals surface area contributed by atoms with Crippen LogP contribution in [0.25, 0.3) is 0 Å². The van der Waals surface area contributed by atoms with E-state index in [0.717, 1.165) is 37.6 Å². The van der Waals surface area contributed by atoms with Crippen molar-refractivity contribution in [2.45, 2.75) is 32.2 Å². The molecule has 2 aromatic carbocycles. The van der Waals surface area contributed by atoms with Gasteiger partial charge in [-0.1, -0.05) is 25.1 Å². The van der Waals surface area contributed by atoms with Crippen molar-refractivity contribution in [2.75, 3.05) is 33.4 Å². The second kappa shape index (κ2) is 9.06. The van der Waals surface area contributed by atoms with Crippen LogP contribution in [0.5, 0.6) is 11.5 Å². The van der Waals surface area contributed by atoms with Gasteiger partial charge in [-0.3, -0.25) is 4.90 Å². The van der Waals surface area contributed by atoms with Gasteiger partial charge in [0.2, 0.25) is 0 Å². The summed E-state index contributed by atoms with van der Waals surface area (Å²) in [7, 11) is 1.70. The summed E-state index contributed by atoms with van der Waals surface area (Å²) in [5.41, 5.74) is 4.05. The van der Waals surface area contributed by atoms with Crippen molar-refractivity contribution in [3.05, 3.63) is 59.2 Å². The summed E-state index contributed by atoms with van der Waals surface area (Å²) < 4.78 is 11.1. The molecular formula is C22H29NO3. The minimum atomic E-state index is 0.161. The summed E-state index contributed by atoms with van der Waals surface area (Å²) in [5, 5.41) is 8.93. The van der Waals surface area contributed by atoms with Crippen LogP contribution in [0.4, 0.5) is 0 Å². The summed E-state index contributed by atoms with van der Waals surface area (Å²) >= 11 is 0. The molecular weight excluding hydrogens is 326 g/mol. The van der Waals surface area contributed by atoms with Gasteiger partial charge in [-0.15, -0.1) is 0 Å². The molecule has 0 radical (unpaired) electrons. The Morgan fingerprint density at radius 2 is 1.88 bits per heavy atom. The van der Waals surface area contributed by atoms with Gasteiger partial charge >= 0.3 is 0 Å². The third-order valence-electron chi connectivity index (χ3n) is 4.95.